The molecule has 0 aliphatic heterocycles. The molecule has 2 aromatic heterocycles. The van der Waals surface area contributed by atoms with E-state index in [2.05, 4.69) is 15.0 Å². The average Bonchev–Trinajstić information content (AvgIpc) is 3.07. The number of ether oxygens (including phenoxy) is 1. The number of rotatable bonds is 8. The van der Waals surface area contributed by atoms with E-state index in [1.807, 2.05) is 6.07 Å². The lowest BCUT2D eigenvalue weighted by Gasteiger charge is -2.13. The average molecular weight is 404 g/mol. The minimum atomic E-state index is -3.95. The summed E-state index contributed by atoms with van der Waals surface area (Å²) in [7, 11) is -3.95. The van der Waals surface area contributed by atoms with E-state index < -0.39 is 19.5 Å². The Kier molecular flexibility index (Phi) is 5.87. The van der Waals surface area contributed by atoms with Crippen LogP contribution in [0.4, 0.5) is 5.95 Å². The maximum absolute atomic E-state index is 12.0. The Morgan fingerprint density at radius 1 is 1.36 bits per heavy atom. The van der Waals surface area contributed by atoms with E-state index >= 15 is 0 Å². The largest absolute Gasteiger partial charge is 0.369 e. The standard InChI is InChI=1S/C16H17N6O5P/c17-7-11-1-3-12(4-2-11)8-27-28(24,25)10-26-6-5-22-9-19-13-14(22)20-16(18)21-15(13)23/h1-4,9H,5-6,8,10H2,(H,24,25)(H3,18,20,21,23). The van der Waals surface area contributed by atoms with Gasteiger partial charge in [0.25, 0.3) is 5.56 Å². The summed E-state index contributed by atoms with van der Waals surface area (Å²) in [6.45, 7) is 0.244. The number of fused-ring (bicyclic) bond motifs is 1. The summed E-state index contributed by atoms with van der Waals surface area (Å²) in [6.07, 6.45) is 0.918. The van der Waals surface area contributed by atoms with E-state index in [1.54, 1.807) is 28.8 Å². The molecule has 4 N–H and O–H groups in total. The first-order chi connectivity index (χ1) is 13.4. The van der Waals surface area contributed by atoms with Gasteiger partial charge in [-0.15, -0.1) is 0 Å². The topological polar surface area (TPSA) is 169 Å². The quantitative estimate of drug-likeness (QED) is 0.365. The molecule has 0 fully saturated rings. The third kappa shape index (κ3) is 4.82. The zero-order valence-electron chi connectivity index (χ0n) is 14.6. The Morgan fingerprint density at radius 3 is 2.82 bits per heavy atom. The SMILES string of the molecule is N#Cc1ccc(COP(=O)(O)COCCn2cnc3c(=O)[nH]c(N)nc32)cc1. The van der Waals surface area contributed by atoms with Gasteiger partial charge in [-0.1, -0.05) is 12.1 Å². The summed E-state index contributed by atoms with van der Waals surface area (Å²) in [6, 6.07) is 8.47. The summed E-state index contributed by atoms with van der Waals surface area (Å²) < 4.78 is 23.9. The highest BCUT2D eigenvalue weighted by Crippen LogP contribution is 2.42. The van der Waals surface area contributed by atoms with Crippen molar-refractivity contribution < 1.29 is 18.7 Å². The van der Waals surface area contributed by atoms with Crippen molar-refractivity contribution in [3.63, 3.8) is 0 Å². The number of hydrogen-bond donors (Lipinski definition) is 3. The van der Waals surface area contributed by atoms with E-state index in [0.717, 1.165) is 0 Å². The monoisotopic (exact) mass is 404 g/mol. The lowest BCUT2D eigenvalue weighted by molar-refractivity contribution is 0.136. The van der Waals surface area contributed by atoms with Crippen LogP contribution < -0.4 is 11.3 Å². The fourth-order valence-electron chi connectivity index (χ4n) is 2.37. The first-order valence-electron chi connectivity index (χ1n) is 8.12. The van der Waals surface area contributed by atoms with Crippen molar-refractivity contribution in [1.29, 1.82) is 5.26 Å². The highest BCUT2D eigenvalue weighted by Gasteiger charge is 2.20. The Labute approximate surface area is 158 Å². The fraction of sp³-hybridized carbons (Fsp3) is 0.250. The summed E-state index contributed by atoms with van der Waals surface area (Å²) in [5.41, 5.74) is 6.67. The Balaban J connectivity index is 1.49. The molecule has 3 aromatic rings. The summed E-state index contributed by atoms with van der Waals surface area (Å²) >= 11 is 0. The smallest absolute Gasteiger partial charge is 0.353 e. The second-order valence-corrected chi connectivity index (χ2v) is 7.61. The second kappa shape index (κ2) is 8.33. The number of aromatic nitrogens is 4. The second-order valence-electron chi connectivity index (χ2n) is 5.82. The highest BCUT2D eigenvalue weighted by atomic mass is 31.2. The Bertz CT molecular complexity index is 1120. The number of nitrogens with two attached hydrogens (primary N) is 1. The third-order valence-corrected chi connectivity index (χ3v) is 4.78. The molecule has 0 amide bonds. The number of benzene rings is 1. The number of imidazole rings is 1. The molecule has 0 spiro atoms. The fourth-order valence-corrected chi connectivity index (χ4v) is 3.15. The highest BCUT2D eigenvalue weighted by molar-refractivity contribution is 7.52. The normalized spacial score (nSPS) is 13.3. The first-order valence-corrected chi connectivity index (χ1v) is 9.88. The molecule has 0 saturated carbocycles. The lowest BCUT2D eigenvalue weighted by atomic mass is 10.2. The van der Waals surface area contributed by atoms with Crippen LogP contribution in [0.3, 0.4) is 0 Å². The number of anilines is 1. The summed E-state index contributed by atoms with van der Waals surface area (Å²) in [4.78, 5) is 31.9. The van der Waals surface area contributed by atoms with Gasteiger partial charge in [-0.3, -0.25) is 14.3 Å². The maximum Gasteiger partial charge on any atom is 0.353 e. The van der Waals surface area contributed by atoms with Crippen LogP contribution >= 0.6 is 7.60 Å². The maximum atomic E-state index is 12.0. The molecule has 0 bridgehead atoms. The van der Waals surface area contributed by atoms with E-state index in [-0.39, 0.29) is 31.2 Å². The molecule has 1 aromatic carbocycles. The molecule has 0 aliphatic rings. The molecule has 0 aliphatic carbocycles. The predicted molar refractivity (Wildman–Crippen MR) is 99.2 cm³/mol. The number of nitrogens with zero attached hydrogens (tertiary/aromatic N) is 4. The molecule has 3 rings (SSSR count). The molecule has 0 radical (unpaired) electrons. The van der Waals surface area contributed by atoms with Crippen molar-refractivity contribution in [2.45, 2.75) is 13.2 Å². The molecule has 1 unspecified atom stereocenters. The van der Waals surface area contributed by atoms with E-state index in [0.29, 0.717) is 16.8 Å². The van der Waals surface area contributed by atoms with Crippen molar-refractivity contribution in [3.05, 3.63) is 52.1 Å². The number of H-pyrrole nitrogens is 1. The van der Waals surface area contributed by atoms with E-state index in [9.17, 15) is 14.3 Å². The molecular weight excluding hydrogens is 387 g/mol. The van der Waals surface area contributed by atoms with Crippen LogP contribution in [-0.2, 0) is 27.0 Å². The van der Waals surface area contributed by atoms with Crippen molar-refractivity contribution in [2.24, 2.45) is 0 Å². The number of nitriles is 1. The molecule has 12 heteroatoms. The number of hydrogen-bond acceptors (Lipinski definition) is 8. The van der Waals surface area contributed by atoms with Crippen molar-refractivity contribution >= 4 is 24.7 Å². The van der Waals surface area contributed by atoms with Crippen LogP contribution in [0.25, 0.3) is 11.2 Å². The van der Waals surface area contributed by atoms with Crippen LogP contribution in [0.2, 0.25) is 0 Å². The molecule has 28 heavy (non-hydrogen) atoms. The van der Waals surface area contributed by atoms with Crippen LogP contribution in [0, 0.1) is 11.3 Å². The van der Waals surface area contributed by atoms with Gasteiger partial charge in [0.15, 0.2) is 11.2 Å². The van der Waals surface area contributed by atoms with Crippen LogP contribution in [-0.4, -0.2) is 37.4 Å². The van der Waals surface area contributed by atoms with Crippen molar-refractivity contribution in [1.82, 2.24) is 19.5 Å². The van der Waals surface area contributed by atoms with Gasteiger partial charge >= 0.3 is 7.60 Å². The summed E-state index contributed by atoms with van der Waals surface area (Å²) in [5, 5.41) is 8.75. The van der Waals surface area contributed by atoms with Gasteiger partial charge < -0.3 is 24.5 Å². The number of aromatic amines is 1. The van der Waals surface area contributed by atoms with Crippen LogP contribution in [0.5, 0.6) is 0 Å². The minimum absolute atomic E-state index is 0.0313. The molecule has 0 saturated heterocycles. The Hall–Kier alpha value is -3.03. The van der Waals surface area contributed by atoms with Gasteiger partial charge in [0.1, 0.15) is 6.35 Å². The molecule has 11 nitrogen and oxygen atoms in total. The molecular formula is C16H17N6O5P. The van der Waals surface area contributed by atoms with Gasteiger partial charge in [-0.2, -0.15) is 10.2 Å². The predicted octanol–water partition coefficient (Wildman–Crippen LogP) is 0.950. The van der Waals surface area contributed by atoms with Crippen molar-refractivity contribution in [2.75, 3.05) is 18.7 Å². The van der Waals surface area contributed by atoms with Gasteiger partial charge in [0.2, 0.25) is 5.95 Å². The van der Waals surface area contributed by atoms with Crippen LogP contribution in [0.15, 0.2) is 35.4 Å². The molecule has 146 valence electrons. The number of nitrogen functional groups attached to an aromatic ring is 1. The summed E-state index contributed by atoms with van der Waals surface area (Å²) in [5.74, 6) is -0.0313. The van der Waals surface area contributed by atoms with Gasteiger partial charge in [-0.05, 0) is 17.7 Å². The van der Waals surface area contributed by atoms with Gasteiger partial charge in [0.05, 0.1) is 31.2 Å². The van der Waals surface area contributed by atoms with Crippen molar-refractivity contribution in [3.8, 4) is 6.07 Å². The van der Waals surface area contributed by atoms with Gasteiger partial charge in [-0.25, -0.2) is 4.98 Å². The zero-order chi connectivity index (χ0) is 20.1. The molecule has 2 heterocycles. The lowest BCUT2D eigenvalue weighted by Crippen LogP contribution is -2.13. The van der Waals surface area contributed by atoms with Crippen LogP contribution in [0.1, 0.15) is 11.1 Å². The zero-order valence-corrected chi connectivity index (χ0v) is 15.5. The van der Waals surface area contributed by atoms with Gasteiger partial charge in [0, 0.05) is 6.54 Å². The number of nitrogens with one attached hydrogen (secondary N) is 1. The van der Waals surface area contributed by atoms with E-state index in [4.69, 9.17) is 20.3 Å². The van der Waals surface area contributed by atoms with E-state index in [1.165, 1.54) is 6.33 Å². The Morgan fingerprint density at radius 2 is 2.11 bits per heavy atom. The minimum Gasteiger partial charge on any atom is -0.369 e. The molecule has 1 atom stereocenters. The first kappa shape index (κ1) is 19.7. The third-order valence-electron chi connectivity index (χ3n) is 3.74.